The Hall–Kier alpha value is -2.47. The summed E-state index contributed by atoms with van der Waals surface area (Å²) >= 11 is 5.73. The van der Waals surface area contributed by atoms with Crippen molar-refractivity contribution in [3.05, 3.63) is 70.2 Å². The number of likely N-dealkylation sites (N-methyl/N-ethyl adjacent to an activating group) is 1. The van der Waals surface area contributed by atoms with Crippen LogP contribution in [0.2, 0.25) is 5.02 Å². The van der Waals surface area contributed by atoms with Gasteiger partial charge in [-0.2, -0.15) is 0 Å². The Labute approximate surface area is 149 Å². The molecule has 2 rings (SSSR count). The van der Waals surface area contributed by atoms with Crippen molar-refractivity contribution in [2.75, 3.05) is 7.05 Å². The summed E-state index contributed by atoms with van der Waals surface area (Å²) < 4.78 is 31.4. The van der Waals surface area contributed by atoms with E-state index in [1.807, 2.05) is 30.3 Å². The lowest BCUT2D eigenvalue weighted by molar-refractivity contribution is -0.139. The molecule has 132 valence electrons. The first-order chi connectivity index (χ1) is 11.8. The number of nitrogens with zero attached hydrogens (tertiary/aromatic N) is 1. The smallest absolute Gasteiger partial charge is 0.340 e. The molecule has 0 saturated carbocycles. The van der Waals surface area contributed by atoms with Crippen LogP contribution in [0.15, 0.2) is 42.5 Å². The van der Waals surface area contributed by atoms with Gasteiger partial charge in [-0.3, -0.25) is 4.79 Å². The molecule has 0 aliphatic rings. The predicted molar refractivity (Wildman–Crippen MR) is 89.2 cm³/mol. The first kappa shape index (κ1) is 18.9. The average Bonchev–Trinajstić information content (AvgIpc) is 2.58. The van der Waals surface area contributed by atoms with Gasteiger partial charge in [-0.05, 0) is 24.6 Å². The molecule has 0 radical (unpaired) electrons. The van der Waals surface area contributed by atoms with Crippen LogP contribution < -0.4 is 0 Å². The van der Waals surface area contributed by atoms with Gasteiger partial charge in [0.05, 0.1) is 10.6 Å². The molecular weight excluding hydrogens is 352 g/mol. The number of carbonyl (C=O) groups excluding carboxylic acids is 2. The van der Waals surface area contributed by atoms with Crippen molar-refractivity contribution in [2.45, 2.75) is 19.6 Å². The summed E-state index contributed by atoms with van der Waals surface area (Å²) in [5.74, 6) is -3.83. The molecule has 0 spiro atoms. The minimum Gasteiger partial charge on any atom is -0.449 e. The van der Waals surface area contributed by atoms with E-state index in [0.717, 1.165) is 5.56 Å². The van der Waals surface area contributed by atoms with Crippen LogP contribution >= 0.6 is 11.6 Å². The molecule has 0 bridgehead atoms. The van der Waals surface area contributed by atoms with Crippen LogP contribution in [0, 0.1) is 11.6 Å². The molecule has 2 aromatic carbocycles. The van der Waals surface area contributed by atoms with E-state index in [-0.39, 0.29) is 10.6 Å². The van der Waals surface area contributed by atoms with E-state index >= 15 is 0 Å². The van der Waals surface area contributed by atoms with E-state index in [1.165, 1.54) is 11.8 Å². The second-order valence-electron chi connectivity index (χ2n) is 5.47. The Morgan fingerprint density at radius 1 is 1.16 bits per heavy atom. The topological polar surface area (TPSA) is 46.6 Å². The molecule has 0 heterocycles. The standard InChI is InChI=1S/C18H16ClF2NO3/c1-11(17(23)22(2)10-12-6-4-3-5-7-12)25-18(24)13-8-15(20)16(21)9-14(13)19/h3-9,11H,10H2,1-2H3. The molecule has 0 aliphatic carbocycles. The Balaban J connectivity index is 2.03. The third-order valence-corrected chi connectivity index (χ3v) is 3.81. The van der Waals surface area contributed by atoms with Crippen LogP contribution in [-0.4, -0.2) is 29.9 Å². The number of halogens is 3. The zero-order chi connectivity index (χ0) is 18.6. The van der Waals surface area contributed by atoms with E-state index in [1.54, 1.807) is 7.05 Å². The van der Waals surface area contributed by atoms with Gasteiger partial charge in [0.1, 0.15) is 0 Å². The van der Waals surface area contributed by atoms with Crippen LogP contribution in [-0.2, 0) is 16.1 Å². The predicted octanol–water partition coefficient (Wildman–Crippen LogP) is 3.82. The molecule has 25 heavy (non-hydrogen) atoms. The van der Waals surface area contributed by atoms with Crippen LogP contribution in [0.4, 0.5) is 8.78 Å². The minimum absolute atomic E-state index is 0.291. The van der Waals surface area contributed by atoms with Gasteiger partial charge in [-0.15, -0.1) is 0 Å². The van der Waals surface area contributed by atoms with E-state index in [2.05, 4.69) is 0 Å². The number of carbonyl (C=O) groups is 2. The summed E-state index contributed by atoms with van der Waals surface area (Å²) in [7, 11) is 1.57. The van der Waals surface area contributed by atoms with Crippen molar-refractivity contribution in [1.29, 1.82) is 0 Å². The van der Waals surface area contributed by atoms with Crippen molar-refractivity contribution >= 4 is 23.5 Å². The fourth-order valence-electron chi connectivity index (χ4n) is 2.20. The molecule has 2 aromatic rings. The summed E-state index contributed by atoms with van der Waals surface area (Å²) in [6.07, 6.45) is -1.11. The van der Waals surface area contributed by atoms with Gasteiger partial charge in [0.2, 0.25) is 0 Å². The number of rotatable bonds is 5. The first-order valence-corrected chi connectivity index (χ1v) is 7.81. The van der Waals surface area contributed by atoms with Gasteiger partial charge in [-0.1, -0.05) is 41.9 Å². The molecule has 1 unspecified atom stereocenters. The van der Waals surface area contributed by atoms with E-state index in [0.29, 0.717) is 18.7 Å². The van der Waals surface area contributed by atoms with Gasteiger partial charge in [0.25, 0.3) is 5.91 Å². The number of hydrogen-bond donors (Lipinski definition) is 0. The second-order valence-corrected chi connectivity index (χ2v) is 5.88. The second kappa shape index (κ2) is 8.07. The lowest BCUT2D eigenvalue weighted by atomic mass is 10.2. The molecule has 0 aromatic heterocycles. The largest absolute Gasteiger partial charge is 0.449 e. The Kier molecular flexibility index (Phi) is 6.09. The minimum atomic E-state index is -1.23. The van der Waals surface area contributed by atoms with Gasteiger partial charge < -0.3 is 9.64 Å². The molecule has 0 aliphatic heterocycles. The average molecular weight is 368 g/mol. The fourth-order valence-corrected chi connectivity index (χ4v) is 2.43. The quantitative estimate of drug-likeness (QED) is 0.596. The number of hydrogen-bond acceptors (Lipinski definition) is 3. The number of ether oxygens (including phenoxy) is 1. The molecule has 1 amide bonds. The van der Waals surface area contributed by atoms with E-state index in [9.17, 15) is 18.4 Å². The maximum Gasteiger partial charge on any atom is 0.340 e. The summed E-state index contributed by atoms with van der Waals surface area (Å²) in [5.41, 5.74) is 0.575. The lowest BCUT2D eigenvalue weighted by Gasteiger charge is -2.21. The Morgan fingerprint density at radius 2 is 1.76 bits per heavy atom. The zero-order valence-corrected chi connectivity index (χ0v) is 14.4. The van der Waals surface area contributed by atoms with Crippen molar-refractivity contribution in [3.63, 3.8) is 0 Å². The van der Waals surface area contributed by atoms with Crippen LogP contribution in [0.1, 0.15) is 22.8 Å². The Bertz CT molecular complexity index is 783. The summed E-state index contributed by atoms with van der Waals surface area (Å²) in [6, 6.07) is 10.6. The monoisotopic (exact) mass is 367 g/mol. The van der Waals surface area contributed by atoms with Crippen LogP contribution in [0.5, 0.6) is 0 Å². The van der Waals surface area contributed by atoms with Gasteiger partial charge >= 0.3 is 5.97 Å². The molecular formula is C18H16ClF2NO3. The maximum absolute atomic E-state index is 13.3. The third-order valence-electron chi connectivity index (χ3n) is 3.50. The molecule has 0 saturated heterocycles. The zero-order valence-electron chi connectivity index (χ0n) is 13.6. The number of benzene rings is 2. The molecule has 4 nitrogen and oxygen atoms in total. The highest BCUT2D eigenvalue weighted by Gasteiger charge is 2.24. The lowest BCUT2D eigenvalue weighted by Crippen LogP contribution is -2.37. The highest BCUT2D eigenvalue weighted by molar-refractivity contribution is 6.33. The molecule has 1 atom stereocenters. The summed E-state index contributed by atoms with van der Waals surface area (Å²) in [6.45, 7) is 1.74. The third kappa shape index (κ3) is 4.76. The van der Waals surface area contributed by atoms with Crippen LogP contribution in [0.25, 0.3) is 0 Å². The normalized spacial score (nSPS) is 11.7. The van der Waals surface area contributed by atoms with E-state index in [4.69, 9.17) is 16.3 Å². The van der Waals surface area contributed by atoms with Crippen molar-refractivity contribution < 1.29 is 23.1 Å². The SMILES string of the molecule is CC(OC(=O)c1cc(F)c(F)cc1Cl)C(=O)N(C)Cc1ccccc1. The first-order valence-electron chi connectivity index (χ1n) is 7.44. The maximum atomic E-state index is 13.3. The Morgan fingerprint density at radius 3 is 2.40 bits per heavy atom. The van der Waals surface area contributed by atoms with E-state index < -0.39 is 29.6 Å². The van der Waals surface area contributed by atoms with Crippen LogP contribution in [0.3, 0.4) is 0 Å². The molecule has 7 heteroatoms. The molecule has 0 fully saturated rings. The van der Waals surface area contributed by atoms with Gasteiger partial charge in [0.15, 0.2) is 17.7 Å². The fraction of sp³-hybridized carbons (Fsp3) is 0.222. The number of amides is 1. The summed E-state index contributed by atoms with van der Waals surface area (Å²) in [4.78, 5) is 25.8. The van der Waals surface area contributed by atoms with Gasteiger partial charge in [-0.25, -0.2) is 13.6 Å². The molecule has 0 N–H and O–H groups in total. The van der Waals surface area contributed by atoms with Crippen molar-refractivity contribution in [3.8, 4) is 0 Å². The summed E-state index contributed by atoms with van der Waals surface area (Å²) in [5, 5.41) is -0.291. The van der Waals surface area contributed by atoms with Crippen molar-refractivity contribution in [1.82, 2.24) is 4.90 Å². The number of esters is 1. The highest BCUT2D eigenvalue weighted by Crippen LogP contribution is 2.21. The highest BCUT2D eigenvalue weighted by atomic mass is 35.5. The van der Waals surface area contributed by atoms with Gasteiger partial charge in [0, 0.05) is 13.6 Å². The van der Waals surface area contributed by atoms with Crippen molar-refractivity contribution in [2.24, 2.45) is 0 Å².